The van der Waals surface area contributed by atoms with E-state index in [1.807, 2.05) is 13.8 Å². The smallest absolute Gasteiger partial charge is 0.465 e. The summed E-state index contributed by atoms with van der Waals surface area (Å²) in [5.41, 5.74) is 0. The number of fused-ring (bicyclic) bond motifs is 2. The lowest BCUT2D eigenvalue weighted by Crippen LogP contribution is -2.57. The number of rotatable bonds is 7. The minimum absolute atomic E-state index is 0.103. The maximum atomic E-state index is 12.6. The summed E-state index contributed by atoms with van der Waals surface area (Å²) in [5.74, 6) is 0.655. The van der Waals surface area contributed by atoms with Gasteiger partial charge in [0, 0.05) is 21.3 Å². The molecule has 0 spiro atoms. The Hall–Kier alpha value is -0.433. The highest BCUT2D eigenvalue weighted by Gasteiger charge is 2.71. The average Bonchev–Trinajstić information content (AvgIpc) is 3.06. The molecule has 122 valence electrons. The minimum atomic E-state index is -2.88. The van der Waals surface area contributed by atoms with Gasteiger partial charge in [0.2, 0.25) is 0 Å². The molecule has 2 aliphatic carbocycles. The molecule has 2 fully saturated rings. The van der Waals surface area contributed by atoms with Crippen molar-refractivity contribution in [2.45, 2.75) is 44.6 Å². The molecule has 0 amide bonds. The largest absolute Gasteiger partial charge is 0.507 e. The summed E-state index contributed by atoms with van der Waals surface area (Å²) >= 11 is 0. The Balaban J connectivity index is 2.24. The fraction of sp³-hybridized carbons (Fsp3) is 0.933. The normalized spacial score (nSPS) is 31.9. The van der Waals surface area contributed by atoms with Gasteiger partial charge >= 0.3 is 14.8 Å². The molecule has 2 aliphatic rings. The lowest BCUT2D eigenvalue weighted by atomic mass is 9.88. The molecular weight excluding hydrogens is 288 g/mol. The fourth-order valence-electron chi connectivity index (χ4n) is 4.28. The van der Waals surface area contributed by atoms with E-state index in [2.05, 4.69) is 0 Å². The Morgan fingerprint density at radius 2 is 1.86 bits per heavy atom. The quantitative estimate of drug-likeness (QED) is 0.534. The van der Waals surface area contributed by atoms with Crippen LogP contribution in [0, 0.1) is 17.8 Å². The summed E-state index contributed by atoms with van der Waals surface area (Å²) in [6.45, 7) is 4.56. The second-order valence-corrected chi connectivity index (χ2v) is 10.1. The lowest BCUT2D eigenvalue weighted by Gasteiger charge is -2.43. The third kappa shape index (κ3) is 2.67. The van der Waals surface area contributed by atoms with Gasteiger partial charge in [-0.25, -0.2) is 0 Å². The number of hydrogen-bond acceptors (Lipinski definition) is 5. The van der Waals surface area contributed by atoms with Crippen molar-refractivity contribution >= 4 is 14.8 Å². The first-order valence-corrected chi connectivity index (χ1v) is 9.49. The van der Waals surface area contributed by atoms with Crippen LogP contribution < -0.4 is 0 Å². The van der Waals surface area contributed by atoms with E-state index in [4.69, 9.17) is 18.0 Å². The van der Waals surface area contributed by atoms with E-state index in [0.717, 1.165) is 25.7 Å². The van der Waals surface area contributed by atoms with Gasteiger partial charge in [0.15, 0.2) is 0 Å². The zero-order valence-electron chi connectivity index (χ0n) is 13.8. The second-order valence-electron chi connectivity index (χ2n) is 6.75. The number of carbonyl (C=O) groups excluding carboxylic acids is 1. The van der Waals surface area contributed by atoms with E-state index in [0.29, 0.717) is 18.4 Å². The molecule has 21 heavy (non-hydrogen) atoms. The topological polar surface area (TPSA) is 54.0 Å². The predicted octanol–water partition coefficient (Wildman–Crippen LogP) is 2.62. The molecule has 0 heterocycles. The van der Waals surface area contributed by atoms with Crippen LogP contribution in [0.3, 0.4) is 0 Å². The molecular formula is C15H28O5Si. The van der Waals surface area contributed by atoms with E-state index < -0.39 is 8.80 Å². The van der Waals surface area contributed by atoms with E-state index in [9.17, 15) is 4.79 Å². The van der Waals surface area contributed by atoms with Gasteiger partial charge in [-0.15, -0.1) is 0 Å². The molecule has 2 saturated carbocycles. The highest BCUT2D eigenvalue weighted by atomic mass is 28.4. The Morgan fingerprint density at radius 1 is 1.24 bits per heavy atom. The van der Waals surface area contributed by atoms with Gasteiger partial charge < -0.3 is 18.0 Å². The Bertz CT molecular complexity index is 374. The zero-order chi connectivity index (χ0) is 15.7. The van der Waals surface area contributed by atoms with Crippen molar-refractivity contribution < 1.29 is 22.8 Å². The van der Waals surface area contributed by atoms with Crippen molar-refractivity contribution in [3.8, 4) is 0 Å². The Morgan fingerprint density at radius 3 is 2.33 bits per heavy atom. The Kier molecular flexibility index (Phi) is 5.13. The van der Waals surface area contributed by atoms with Crippen molar-refractivity contribution in [1.29, 1.82) is 0 Å². The van der Waals surface area contributed by atoms with E-state index in [1.165, 1.54) is 0 Å². The molecule has 0 saturated heterocycles. The summed E-state index contributed by atoms with van der Waals surface area (Å²) in [4.78, 5) is 12.6. The molecule has 0 aliphatic heterocycles. The molecule has 0 radical (unpaired) electrons. The molecule has 0 aromatic rings. The standard InChI is InChI=1S/C15H28O5Si/c1-11(2)10-20-14(16)13-8-12-6-7-15(13,9-12)21(17-3,18-4)19-5/h11-13H,6-10H2,1-5H3. The third-order valence-corrected chi connectivity index (χ3v) is 8.78. The molecule has 0 aromatic heterocycles. The van der Waals surface area contributed by atoms with Crippen molar-refractivity contribution in [3.63, 3.8) is 0 Å². The number of hydrogen-bond donors (Lipinski definition) is 0. The van der Waals surface area contributed by atoms with Crippen molar-refractivity contribution in [3.05, 3.63) is 0 Å². The van der Waals surface area contributed by atoms with Crippen molar-refractivity contribution in [2.24, 2.45) is 17.8 Å². The number of ether oxygens (including phenoxy) is 1. The number of carbonyl (C=O) groups is 1. The maximum Gasteiger partial charge on any atom is 0.507 e. The van der Waals surface area contributed by atoms with Gasteiger partial charge in [-0.3, -0.25) is 4.79 Å². The fourth-order valence-corrected chi connectivity index (χ4v) is 7.65. The van der Waals surface area contributed by atoms with Crippen LogP contribution in [0.4, 0.5) is 0 Å². The summed E-state index contributed by atoms with van der Waals surface area (Å²) in [5, 5.41) is -0.302. The second kappa shape index (κ2) is 6.36. The highest BCUT2D eigenvalue weighted by Crippen LogP contribution is 2.67. The van der Waals surface area contributed by atoms with Crippen LogP contribution in [0.25, 0.3) is 0 Å². The van der Waals surface area contributed by atoms with Gasteiger partial charge in [-0.1, -0.05) is 13.8 Å². The van der Waals surface area contributed by atoms with Gasteiger partial charge in [-0.2, -0.15) is 0 Å². The van der Waals surface area contributed by atoms with Gasteiger partial charge in [-0.05, 0) is 37.5 Å². The van der Waals surface area contributed by atoms with Crippen molar-refractivity contribution in [1.82, 2.24) is 0 Å². The van der Waals surface area contributed by atoms with Crippen LogP contribution in [-0.2, 0) is 22.8 Å². The maximum absolute atomic E-state index is 12.6. The molecule has 3 unspecified atom stereocenters. The monoisotopic (exact) mass is 316 g/mol. The average molecular weight is 316 g/mol. The van der Waals surface area contributed by atoms with Crippen LogP contribution >= 0.6 is 0 Å². The highest BCUT2D eigenvalue weighted by molar-refractivity contribution is 6.64. The van der Waals surface area contributed by atoms with E-state index in [1.54, 1.807) is 21.3 Å². The summed E-state index contributed by atoms with van der Waals surface area (Å²) < 4.78 is 22.7. The van der Waals surface area contributed by atoms with E-state index >= 15 is 0 Å². The first-order chi connectivity index (χ1) is 9.94. The summed E-state index contributed by atoms with van der Waals surface area (Å²) in [7, 11) is 2.03. The lowest BCUT2D eigenvalue weighted by molar-refractivity contribution is -0.152. The van der Waals surface area contributed by atoms with Crippen LogP contribution in [0.2, 0.25) is 5.04 Å². The molecule has 0 N–H and O–H groups in total. The summed E-state index contributed by atoms with van der Waals surface area (Å²) in [6.07, 6.45) is 3.89. The van der Waals surface area contributed by atoms with Gasteiger partial charge in [0.05, 0.1) is 17.6 Å². The van der Waals surface area contributed by atoms with Crippen molar-refractivity contribution in [2.75, 3.05) is 27.9 Å². The predicted molar refractivity (Wildman–Crippen MR) is 80.7 cm³/mol. The molecule has 6 heteroatoms. The van der Waals surface area contributed by atoms with E-state index in [-0.39, 0.29) is 16.9 Å². The molecule has 0 aromatic carbocycles. The third-order valence-electron chi connectivity index (χ3n) is 5.15. The number of esters is 1. The van der Waals surface area contributed by atoms with Crippen LogP contribution in [0.5, 0.6) is 0 Å². The zero-order valence-corrected chi connectivity index (χ0v) is 14.8. The van der Waals surface area contributed by atoms with Gasteiger partial charge in [0.1, 0.15) is 0 Å². The van der Waals surface area contributed by atoms with Crippen LogP contribution in [0.1, 0.15) is 39.5 Å². The molecule has 5 nitrogen and oxygen atoms in total. The van der Waals surface area contributed by atoms with Crippen LogP contribution in [0.15, 0.2) is 0 Å². The summed E-state index contributed by atoms with van der Waals surface area (Å²) in [6, 6.07) is 0. The van der Waals surface area contributed by atoms with Crippen LogP contribution in [-0.4, -0.2) is 42.7 Å². The molecule has 3 atom stereocenters. The molecule has 2 bridgehead atoms. The SMILES string of the molecule is CO[Si](OC)(OC)C12CCC(CC1C(=O)OCC(C)C)C2. The molecule has 2 rings (SSSR count). The minimum Gasteiger partial charge on any atom is -0.465 e. The first kappa shape index (κ1) is 16.9. The Labute approximate surface area is 128 Å². The first-order valence-electron chi connectivity index (χ1n) is 7.76. The van der Waals surface area contributed by atoms with Gasteiger partial charge in [0.25, 0.3) is 0 Å².